The van der Waals surface area contributed by atoms with Crippen LogP contribution in [0.2, 0.25) is 0 Å². The average molecular weight is 221 g/mol. The number of sulfone groups is 1. The molecule has 1 heterocycles. The Labute approximate surface area is 83.5 Å². The van der Waals surface area contributed by atoms with Crippen molar-refractivity contribution in [3.8, 4) is 0 Å². The van der Waals surface area contributed by atoms with E-state index in [0.29, 0.717) is 0 Å². The highest BCUT2D eigenvalue weighted by Gasteiger charge is 2.41. The molecule has 0 unspecified atom stereocenters. The van der Waals surface area contributed by atoms with Crippen LogP contribution in [0.25, 0.3) is 0 Å². The van der Waals surface area contributed by atoms with Crippen molar-refractivity contribution in [1.29, 1.82) is 0 Å². The number of carbonyl (C=O) groups excluding carboxylic acids is 1. The number of nitrogens with two attached hydrogens (primary N) is 1. The first-order valence-electron chi connectivity index (χ1n) is 4.56. The number of ether oxygens (including phenoxy) is 1. The molecule has 0 spiro atoms. The van der Waals surface area contributed by atoms with Crippen molar-refractivity contribution < 1.29 is 17.9 Å². The maximum atomic E-state index is 11.4. The number of rotatable bonds is 2. The molecule has 14 heavy (non-hydrogen) atoms. The van der Waals surface area contributed by atoms with Crippen LogP contribution in [0.3, 0.4) is 0 Å². The van der Waals surface area contributed by atoms with Crippen LogP contribution in [0.5, 0.6) is 0 Å². The minimum Gasteiger partial charge on any atom is -0.465 e. The van der Waals surface area contributed by atoms with Gasteiger partial charge < -0.3 is 10.5 Å². The average Bonchev–Trinajstić information content (AvgIpc) is 2.11. The van der Waals surface area contributed by atoms with Gasteiger partial charge in [0.1, 0.15) is 15.4 Å². The molecule has 5 nitrogen and oxygen atoms in total. The van der Waals surface area contributed by atoms with Gasteiger partial charge in [0.25, 0.3) is 0 Å². The summed E-state index contributed by atoms with van der Waals surface area (Å²) >= 11 is 0. The van der Waals surface area contributed by atoms with Crippen LogP contribution in [-0.4, -0.2) is 38.0 Å². The van der Waals surface area contributed by atoms with Gasteiger partial charge in [0.2, 0.25) is 0 Å². The zero-order valence-electron chi connectivity index (χ0n) is 8.15. The molecule has 2 N–H and O–H groups in total. The largest absolute Gasteiger partial charge is 0.465 e. The number of hydrogen-bond acceptors (Lipinski definition) is 5. The third-order valence-corrected chi connectivity index (χ3v) is 4.05. The molecule has 0 aromatic heterocycles. The predicted octanol–water partition coefficient (Wildman–Crippen LogP) is -0.544. The van der Waals surface area contributed by atoms with E-state index >= 15 is 0 Å². The van der Waals surface area contributed by atoms with Crippen LogP contribution >= 0.6 is 0 Å². The number of esters is 1. The molecule has 0 aromatic carbocycles. The van der Waals surface area contributed by atoms with Crippen molar-refractivity contribution >= 4 is 15.8 Å². The van der Waals surface area contributed by atoms with Gasteiger partial charge in [-0.05, 0) is 19.8 Å². The fourth-order valence-corrected chi connectivity index (χ4v) is 2.94. The number of hydrogen-bond donors (Lipinski definition) is 1. The molecule has 0 saturated carbocycles. The van der Waals surface area contributed by atoms with Crippen LogP contribution in [0.4, 0.5) is 0 Å². The SMILES string of the molecule is CCOC(=O)C1(N)CCS(=O)(=O)CC1. The topological polar surface area (TPSA) is 86.5 Å². The summed E-state index contributed by atoms with van der Waals surface area (Å²) in [6, 6.07) is 0. The summed E-state index contributed by atoms with van der Waals surface area (Å²) in [4.78, 5) is 11.4. The molecule has 1 aliphatic rings. The van der Waals surface area contributed by atoms with E-state index in [1.165, 1.54) is 0 Å². The molecular weight excluding hydrogens is 206 g/mol. The maximum absolute atomic E-state index is 11.4. The summed E-state index contributed by atoms with van der Waals surface area (Å²) in [6.07, 6.45) is 0.322. The molecular formula is C8H15NO4S. The Morgan fingerprint density at radius 3 is 2.36 bits per heavy atom. The van der Waals surface area contributed by atoms with E-state index in [9.17, 15) is 13.2 Å². The summed E-state index contributed by atoms with van der Waals surface area (Å²) in [5.41, 5.74) is 4.67. The van der Waals surface area contributed by atoms with Gasteiger partial charge in [0.15, 0.2) is 0 Å². The summed E-state index contributed by atoms with van der Waals surface area (Å²) < 4.78 is 27.0. The lowest BCUT2D eigenvalue weighted by atomic mass is 9.94. The van der Waals surface area contributed by atoms with Gasteiger partial charge in [0, 0.05) is 0 Å². The molecule has 1 fully saturated rings. The highest BCUT2D eigenvalue weighted by Crippen LogP contribution is 2.22. The van der Waals surface area contributed by atoms with Crippen LogP contribution in [0.15, 0.2) is 0 Å². The molecule has 0 atom stereocenters. The Morgan fingerprint density at radius 1 is 1.43 bits per heavy atom. The quantitative estimate of drug-likeness (QED) is 0.632. The van der Waals surface area contributed by atoms with Gasteiger partial charge in [-0.15, -0.1) is 0 Å². The van der Waals surface area contributed by atoms with E-state index in [0.717, 1.165) is 0 Å². The highest BCUT2D eigenvalue weighted by molar-refractivity contribution is 7.91. The van der Waals surface area contributed by atoms with E-state index in [-0.39, 0.29) is 31.0 Å². The summed E-state index contributed by atoms with van der Waals surface area (Å²) in [5.74, 6) is -0.542. The Bertz CT molecular complexity index is 308. The van der Waals surface area contributed by atoms with Crippen LogP contribution in [-0.2, 0) is 19.4 Å². The first-order chi connectivity index (χ1) is 6.40. The van der Waals surface area contributed by atoms with Crippen molar-refractivity contribution in [3.63, 3.8) is 0 Å². The lowest BCUT2D eigenvalue weighted by Crippen LogP contribution is -2.54. The Balaban J connectivity index is 2.66. The Hall–Kier alpha value is -0.620. The van der Waals surface area contributed by atoms with E-state index in [2.05, 4.69) is 0 Å². The second kappa shape index (κ2) is 3.86. The number of carbonyl (C=O) groups is 1. The van der Waals surface area contributed by atoms with Crippen LogP contribution < -0.4 is 5.73 Å². The lowest BCUT2D eigenvalue weighted by Gasteiger charge is -2.30. The van der Waals surface area contributed by atoms with Crippen LogP contribution in [0.1, 0.15) is 19.8 Å². The minimum absolute atomic E-state index is 0.0255. The second-order valence-electron chi connectivity index (χ2n) is 3.53. The Morgan fingerprint density at radius 2 is 1.93 bits per heavy atom. The standard InChI is InChI=1S/C8H15NO4S/c1-2-13-7(10)8(9)3-5-14(11,12)6-4-8/h2-6,9H2,1H3. The van der Waals surface area contributed by atoms with Gasteiger partial charge in [-0.1, -0.05) is 0 Å². The molecule has 1 aliphatic heterocycles. The summed E-state index contributed by atoms with van der Waals surface area (Å²) in [7, 11) is -2.99. The summed E-state index contributed by atoms with van der Waals surface area (Å²) in [6.45, 7) is 1.96. The minimum atomic E-state index is -2.99. The monoisotopic (exact) mass is 221 g/mol. The van der Waals surface area contributed by atoms with Crippen molar-refractivity contribution in [2.75, 3.05) is 18.1 Å². The Kier molecular flexibility index (Phi) is 3.16. The smallest absolute Gasteiger partial charge is 0.326 e. The highest BCUT2D eigenvalue weighted by atomic mass is 32.2. The van der Waals surface area contributed by atoms with E-state index in [4.69, 9.17) is 10.5 Å². The van der Waals surface area contributed by atoms with Gasteiger partial charge in [0.05, 0.1) is 18.1 Å². The maximum Gasteiger partial charge on any atom is 0.326 e. The first-order valence-corrected chi connectivity index (χ1v) is 6.38. The molecule has 0 bridgehead atoms. The van der Waals surface area contributed by atoms with Crippen molar-refractivity contribution in [2.24, 2.45) is 5.73 Å². The zero-order chi connectivity index (χ0) is 10.8. The second-order valence-corrected chi connectivity index (χ2v) is 5.83. The van der Waals surface area contributed by atoms with E-state index in [1.54, 1.807) is 6.92 Å². The zero-order valence-corrected chi connectivity index (χ0v) is 8.97. The molecule has 1 saturated heterocycles. The fraction of sp³-hybridized carbons (Fsp3) is 0.875. The molecule has 0 aromatic rings. The van der Waals surface area contributed by atoms with Crippen molar-refractivity contribution in [1.82, 2.24) is 0 Å². The van der Waals surface area contributed by atoms with Gasteiger partial charge in [-0.25, -0.2) is 8.42 Å². The van der Waals surface area contributed by atoms with Crippen LogP contribution in [0, 0.1) is 0 Å². The molecule has 1 rings (SSSR count). The van der Waals surface area contributed by atoms with Gasteiger partial charge in [-0.2, -0.15) is 0 Å². The first kappa shape index (κ1) is 11.5. The van der Waals surface area contributed by atoms with E-state index < -0.39 is 21.3 Å². The molecule has 6 heteroatoms. The van der Waals surface area contributed by atoms with E-state index in [1.807, 2.05) is 0 Å². The third-order valence-electron chi connectivity index (χ3n) is 2.40. The van der Waals surface area contributed by atoms with Crippen molar-refractivity contribution in [2.45, 2.75) is 25.3 Å². The lowest BCUT2D eigenvalue weighted by molar-refractivity contribution is -0.150. The van der Waals surface area contributed by atoms with Gasteiger partial charge in [-0.3, -0.25) is 4.79 Å². The molecule has 0 aliphatic carbocycles. The molecule has 0 radical (unpaired) electrons. The molecule has 82 valence electrons. The predicted molar refractivity (Wildman–Crippen MR) is 51.4 cm³/mol. The summed E-state index contributed by atoms with van der Waals surface area (Å²) in [5, 5.41) is 0. The normalized spacial score (nSPS) is 24.1. The fourth-order valence-electron chi connectivity index (χ4n) is 1.38. The third kappa shape index (κ3) is 2.45. The molecule has 0 amide bonds. The van der Waals surface area contributed by atoms with Crippen molar-refractivity contribution in [3.05, 3.63) is 0 Å². The van der Waals surface area contributed by atoms with Gasteiger partial charge >= 0.3 is 5.97 Å².